The van der Waals surface area contributed by atoms with Crippen LogP contribution in [0.5, 0.6) is 5.75 Å². The van der Waals surface area contributed by atoms with Crippen molar-refractivity contribution in [2.24, 2.45) is 0 Å². The molecule has 1 aromatic carbocycles. The molecule has 0 aliphatic heterocycles. The minimum atomic E-state index is -1.03. The van der Waals surface area contributed by atoms with Crippen LogP contribution in [0.2, 0.25) is 0 Å². The molecule has 0 unspecified atom stereocenters. The van der Waals surface area contributed by atoms with E-state index in [0.717, 1.165) is 0 Å². The van der Waals surface area contributed by atoms with E-state index in [9.17, 15) is 14.4 Å². The molecule has 0 aliphatic rings. The minimum absolute atomic E-state index is 0.128. The van der Waals surface area contributed by atoms with Crippen LogP contribution in [0.15, 0.2) is 46.1 Å². The Bertz CT molecular complexity index is 732. The molecular formula is C13H12N2O5. The lowest BCUT2D eigenvalue weighted by Gasteiger charge is -2.08. The summed E-state index contributed by atoms with van der Waals surface area (Å²) in [7, 11) is 0. The third-order valence-electron chi connectivity index (χ3n) is 2.58. The first-order valence-electron chi connectivity index (χ1n) is 5.82. The molecule has 20 heavy (non-hydrogen) atoms. The zero-order valence-corrected chi connectivity index (χ0v) is 10.4. The van der Waals surface area contributed by atoms with E-state index in [0.29, 0.717) is 5.75 Å². The van der Waals surface area contributed by atoms with Gasteiger partial charge in [-0.3, -0.25) is 14.3 Å². The van der Waals surface area contributed by atoms with Gasteiger partial charge in [-0.25, -0.2) is 9.59 Å². The van der Waals surface area contributed by atoms with Gasteiger partial charge < -0.3 is 9.84 Å². The number of H-pyrrole nitrogens is 1. The first-order valence-corrected chi connectivity index (χ1v) is 5.82. The monoisotopic (exact) mass is 276 g/mol. The Morgan fingerprint density at radius 3 is 2.80 bits per heavy atom. The van der Waals surface area contributed by atoms with Gasteiger partial charge in [0.05, 0.1) is 12.1 Å². The van der Waals surface area contributed by atoms with Crippen LogP contribution in [-0.2, 0) is 6.54 Å². The summed E-state index contributed by atoms with van der Waals surface area (Å²) in [5.41, 5.74) is -0.842. The second-order valence-corrected chi connectivity index (χ2v) is 3.98. The van der Waals surface area contributed by atoms with E-state index in [1.807, 2.05) is 0 Å². The van der Waals surface area contributed by atoms with E-state index < -0.39 is 17.2 Å². The number of carboxylic acid groups (broad SMARTS) is 1. The smallest absolute Gasteiger partial charge is 0.335 e. The number of carboxylic acids is 1. The summed E-state index contributed by atoms with van der Waals surface area (Å²) in [4.78, 5) is 35.2. The van der Waals surface area contributed by atoms with Gasteiger partial charge in [-0.1, -0.05) is 6.07 Å². The van der Waals surface area contributed by atoms with Gasteiger partial charge in [0.15, 0.2) is 0 Å². The summed E-state index contributed by atoms with van der Waals surface area (Å²) in [5, 5.41) is 8.84. The highest BCUT2D eigenvalue weighted by atomic mass is 16.5. The Morgan fingerprint density at radius 1 is 1.30 bits per heavy atom. The normalized spacial score (nSPS) is 10.2. The molecule has 1 aromatic heterocycles. The van der Waals surface area contributed by atoms with Crippen molar-refractivity contribution in [3.05, 3.63) is 62.9 Å². The minimum Gasteiger partial charge on any atom is -0.492 e. The molecule has 0 spiro atoms. The van der Waals surface area contributed by atoms with Crippen LogP contribution in [-0.4, -0.2) is 27.2 Å². The Balaban J connectivity index is 1.99. The van der Waals surface area contributed by atoms with Crippen molar-refractivity contribution in [1.29, 1.82) is 0 Å². The van der Waals surface area contributed by atoms with Crippen LogP contribution in [0, 0.1) is 0 Å². The molecule has 0 amide bonds. The molecule has 7 nitrogen and oxygen atoms in total. The SMILES string of the molecule is O=C(O)c1cccc(OCCn2ccc(=O)[nH]c2=O)c1. The van der Waals surface area contributed by atoms with E-state index in [4.69, 9.17) is 9.84 Å². The van der Waals surface area contributed by atoms with Gasteiger partial charge in [-0.15, -0.1) is 0 Å². The lowest BCUT2D eigenvalue weighted by atomic mass is 10.2. The number of aromatic carboxylic acids is 1. The number of hydrogen-bond acceptors (Lipinski definition) is 4. The van der Waals surface area contributed by atoms with Crippen molar-refractivity contribution < 1.29 is 14.6 Å². The predicted molar refractivity (Wildman–Crippen MR) is 70.2 cm³/mol. The fourth-order valence-corrected chi connectivity index (χ4v) is 1.60. The van der Waals surface area contributed by atoms with Gasteiger partial charge >= 0.3 is 11.7 Å². The quantitative estimate of drug-likeness (QED) is 0.818. The molecule has 0 atom stereocenters. The zero-order valence-electron chi connectivity index (χ0n) is 10.4. The fraction of sp³-hybridized carbons (Fsp3) is 0.154. The molecule has 2 N–H and O–H groups in total. The first-order chi connectivity index (χ1) is 9.56. The van der Waals surface area contributed by atoms with E-state index >= 15 is 0 Å². The van der Waals surface area contributed by atoms with Gasteiger partial charge in [-0.05, 0) is 18.2 Å². The number of aromatic amines is 1. The summed E-state index contributed by atoms with van der Waals surface area (Å²) in [5.74, 6) is -0.630. The maximum Gasteiger partial charge on any atom is 0.335 e. The van der Waals surface area contributed by atoms with Crippen LogP contribution in [0.1, 0.15) is 10.4 Å². The summed E-state index contributed by atoms with van der Waals surface area (Å²) in [6.07, 6.45) is 1.37. The number of rotatable bonds is 5. The molecule has 104 valence electrons. The lowest BCUT2D eigenvalue weighted by molar-refractivity contribution is 0.0696. The molecule has 0 saturated carbocycles. The molecule has 2 rings (SSSR count). The number of nitrogens with zero attached hydrogens (tertiary/aromatic N) is 1. The summed E-state index contributed by atoms with van der Waals surface area (Å²) in [6, 6.07) is 7.30. The van der Waals surface area contributed by atoms with Crippen molar-refractivity contribution in [2.75, 3.05) is 6.61 Å². The van der Waals surface area contributed by atoms with Crippen LogP contribution < -0.4 is 16.0 Å². The highest BCUT2D eigenvalue weighted by molar-refractivity contribution is 5.87. The molecule has 0 bridgehead atoms. The second kappa shape index (κ2) is 5.87. The van der Waals surface area contributed by atoms with Gasteiger partial charge in [0.25, 0.3) is 5.56 Å². The number of nitrogens with one attached hydrogen (secondary N) is 1. The number of carbonyl (C=O) groups is 1. The number of aromatic nitrogens is 2. The van der Waals surface area contributed by atoms with Gasteiger partial charge in [0.2, 0.25) is 0 Å². The third-order valence-corrected chi connectivity index (χ3v) is 2.58. The standard InChI is InChI=1S/C13H12N2O5/c16-11-4-5-15(13(19)14-11)6-7-20-10-3-1-2-9(8-10)12(17)18/h1-5,8H,6-7H2,(H,17,18)(H,14,16,19). The average Bonchev–Trinajstić information content (AvgIpc) is 2.41. The molecule has 0 aliphatic carbocycles. The highest BCUT2D eigenvalue weighted by Gasteiger charge is 2.04. The predicted octanol–water partition coefficient (Wildman–Crippen LogP) is 0.314. The van der Waals surface area contributed by atoms with E-state index in [1.165, 1.54) is 29.0 Å². The fourth-order valence-electron chi connectivity index (χ4n) is 1.60. The van der Waals surface area contributed by atoms with Crippen molar-refractivity contribution in [2.45, 2.75) is 6.54 Å². The lowest BCUT2D eigenvalue weighted by Crippen LogP contribution is -2.30. The van der Waals surface area contributed by atoms with Crippen LogP contribution in [0.25, 0.3) is 0 Å². The van der Waals surface area contributed by atoms with Crippen LogP contribution >= 0.6 is 0 Å². The van der Waals surface area contributed by atoms with Gasteiger partial charge in [-0.2, -0.15) is 0 Å². The molecular weight excluding hydrogens is 264 g/mol. The van der Waals surface area contributed by atoms with Crippen molar-refractivity contribution in [1.82, 2.24) is 9.55 Å². The third kappa shape index (κ3) is 3.35. The average molecular weight is 276 g/mol. The van der Waals surface area contributed by atoms with Crippen molar-refractivity contribution >= 4 is 5.97 Å². The largest absolute Gasteiger partial charge is 0.492 e. The van der Waals surface area contributed by atoms with Gasteiger partial charge in [0, 0.05) is 12.3 Å². The molecule has 2 aromatic rings. The zero-order chi connectivity index (χ0) is 14.5. The van der Waals surface area contributed by atoms with E-state index in [1.54, 1.807) is 12.1 Å². The Labute approximate surface area is 113 Å². The van der Waals surface area contributed by atoms with Crippen molar-refractivity contribution in [3.8, 4) is 5.75 Å². The maximum atomic E-state index is 11.4. The number of ether oxygens (including phenoxy) is 1. The molecule has 7 heteroatoms. The molecule has 0 radical (unpaired) electrons. The molecule has 1 heterocycles. The topological polar surface area (TPSA) is 101 Å². The maximum absolute atomic E-state index is 11.4. The second-order valence-electron chi connectivity index (χ2n) is 3.98. The summed E-state index contributed by atoms with van der Waals surface area (Å²) < 4.78 is 6.67. The molecule has 0 fully saturated rings. The Kier molecular flexibility index (Phi) is 3.99. The van der Waals surface area contributed by atoms with Crippen LogP contribution in [0.3, 0.4) is 0 Å². The van der Waals surface area contributed by atoms with E-state index in [-0.39, 0.29) is 18.7 Å². The first kappa shape index (κ1) is 13.6. The summed E-state index contributed by atoms with van der Waals surface area (Å²) >= 11 is 0. The Hall–Kier alpha value is -2.83. The van der Waals surface area contributed by atoms with E-state index in [2.05, 4.69) is 4.98 Å². The van der Waals surface area contributed by atoms with Gasteiger partial charge in [0.1, 0.15) is 12.4 Å². The number of hydrogen-bond donors (Lipinski definition) is 2. The molecule has 0 saturated heterocycles. The number of benzene rings is 1. The summed E-state index contributed by atoms with van der Waals surface area (Å²) in [6.45, 7) is 0.419. The van der Waals surface area contributed by atoms with Crippen LogP contribution in [0.4, 0.5) is 0 Å². The highest BCUT2D eigenvalue weighted by Crippen LogP contribution is 2.13. The van der Waals surface area contributed by atoms with Crippen molar-refractivity contribution in [3.63, 3.8) is 0 Å². The Morgan fingerprint density at radius 2 is 2.10 bits per heavy atom.